The summed E-state index contributed by atoms with van der Waals surface area (Å²) in [7, 11) is 0. The van der Waals surface area contributed by atoms with E-state index in [2.05, 4.69) is 32.2 Å². The Morgan fingerprint density at radius 3 is 2.61 bits per heavy atom. The van der Waals surface area contributed by atoms with Crippen molar-refractivity contribution in [3.8, 4) is 5.75 Å². The number of piperidine rings is 1. The first kappa shape index (κ1) is 20.0. The number of carbonyl (C=O) groups excluding carboxylic acids is 2. The van der Waals surface area contributed by atoms with Gasteiger partial charge in [0.2, 0.25) is 0 Å². The number of nitrogens with zero attached hydrogens (tertiary/aromatic N) is 1. The summed E-state index contributed by atoms with van der Waals surface area (Å²) in [6, 6.07) is 9.37. The molecule has 2 amide bonds. The number of hydrogen-bond acceptors (Lipinski definition) is 4. The monoisotopic (exact) mass is 384 g/mol. The molecule has 6 nitrogen and oxygen atoms in total. The minimum absolute atomic E-state index is 0.00793. The van der Waals surface area contributed by atoms with Gasteiger partial charge in [0, 0.05) is 19.1 Å². The van der Waals surface area contributed by atoms with E-state index in [0.717, 1.165) is 12.8 Å². The molecule has 1 aromatic carbocycles. The summed E-state index contributed by atoms with van der Waals surface area (Å²) in [6.07, 6.45) is 2.94. The second kappa shape index (κ2) is 8.95. The first-order valence-corrected chi connectivity index (χ1v) is 9.79. The van der Waals surface area contributed by atoms with Gasteiger partial charge in [-0.1, -0.05) is 19.9 Å². The standard InChI is InChI=1S/C22H28N2O4/c1-15(2)19-7-6-18(13-16(19)3)28-14-21(25)23-17-8-10-24(11-9-17)22(26)20-5-4-12-27-20/h4-7,12-13,15,17H,8-11,14H2,1-3H3,(H,23,25). The lowest BCUT2D eigenvalue weighted by atomic mass is 9.98. The molecule has 0 radical (unpaired) electrons. The van der Waals surface area contributed by atoms with E-state index in [4.69, 9.17) is 9.15 Å². The minimum atomic E-state index is -0.138. The molecule has 1 aromatic heterocycles. The molecule has 150 valence electrons. The van der Waals surface area contributed by atoms with Gasteiger partial charge in [0.05, 0.1) is 6.26 Å². The van der Waals surface area contributed by atoms with Gasteiger partial charge in [0.15, 0.2) is 12.4 Å². The van der Waals surface area contributed by atoms with Crippen LogP contribution in [-0.2, 0) is 4.79 Å². The van der Waals surface area contributed by atoms with E-state index in [1.807, 2.05) is 12.1 Å². The Bertz CT molecular complexity index is 806. The molecule has 1 N–H and O–H groups in total. The van der Waals surface area contributed by atoms with E-state index < -0.39 is 0 Å². The lowest BCUT2D eigenvalue weighted by Crippen LogP contribution is -2.47. The van der Waals surface area contributed by atoms with Crippen LogP contribution in [-0.4, -0.2) is 42.5 Å². The molecule has 6 heteroatoms. The zero-order valence-electron chi connectivity index (χ0n) is 16.7. The molecule has 1 fully saturated rings. The van der Waals surface area contributed by atoms with E-state index in [9.17, 15) is 9.59 Å². The Kier molecular flexibility index (Phi) is 6.39. The zero-order chi connectivity index (χ0) is 20.1. The van der Waals surface area contributed by atoms with Gasteiger partial charge in [-0.15, -0.1) is 0 Å². The number of carbonyl (C=O) groups is 2. The van der Waals surface area contributed by atoms with Crippen LogP contribution in [0.25, 0.3) is 0 Å². The Balaban J connectivity index is 1.42. The number of amides is 2. The van der Waals surface area contributed by atoms with Crippen LogP contribution >= 0.6 is 0 Å². The van der Waals surface area contributed by atoms with E-state index in [0.29, 0.717) is 30.5 Å². The van der Waals surface area contributed by atoms with Crippen LogP contribution in [0.2, 0.25) is 0 Å². The van der Waals surface area contributed by atoms with Crippen molar-refractivity contribution >= 4 is 11.8 Å². The summed E-state index contributed by atoms with van der Waals surface area (Å²) in [6.45, 7) is 7.56. The molecule has 0 aliphatic carbocycles. The smallest absolute Gasteiger partial charge is 0.289 e. The van der Waals surface area contributed by atoms with Crippen molar-refractivity contribution < 1.29 is 18.7 Å². The van der Waals surface area contributed by atoms with Gasteiger partial charge in [-0.25, -0.2) is 0 Å². The third-order valence-corrected chi connectivity index (χ3v) is 5.11. The predicted molar refractivity (Wildman–Crippen MR) is 107 cm³/mol. The highest BCUT2D eigenvalue weighted by Gasteiger charge is 2.25. The zero-order valence-corrected chi connectivity index (χ0v) is 16.7. The quantitative estimate of drug-likeness (QED) is 0.827. The third kappa shape index (κ3) is 4.94. The van der Waals surface area contributed by atoms with Crippen molar-refractivity contribution in [1.29, 1.82) is 0 Å². The summed E-state index contributed by atoms with van der Waals surface area (Å²) < 4.78 is 10.8. The SMILES string of the molecule is Cc1cc(OCC(=O)NC2CCN(C(=O)c3ccco3)CC2)ccc1C(C)C. The van der Waals surface area contributed by atoms with Gasteiger partial charge in [-0.3, -0.25) is 9.59 Å². The van der Waals surface area contributed by atoms with Crippen LogP contribution < -0.4 is 10.1 Å². The number of aryl methyl sites for hydroxylation is 1. The van der Waals surface area contributed by atoms with Crippen molar-refractivity contribution in [3.63, 3.8) is 0 Å². The van der Waals surface area contributed by atoms with Gasteiger partial charge >= 0.3 is 0 Å². The summed E-state index contributed by atoms with van der Waals surface area (Å²) >= 11 is 0. The van der Waals surface area contributed by atoms with Crippen LogP contribution in [0.4, 0.5) is 0 Å². The van der Waals surface area contributed by atoms with E-state index in [1.54, 1.807) is 17.0 Å². The van der Waals surface area contributed by atoms with Crippen LogP contribution in [0.1, 0.15) is 54.3 Å². The van der Waals surface area contributed by atoms with Crippen LogP contribution in [0, 0.1) is 6.92 Å². The van der Waals surface area contributed by atoms with Crippen LogP contribution in [0.5, 0.6) is 5.75 Å². The fraction of sp³-hybridized carbons (Fsp3) is 0.455. The van der Waals surface area contributed by atoms with Crippen molar-refractivity contribution in [1.82, 2.24) is 10.2 Å². The first-order chi connectivity index (χ1) is 13.4. The highest BCUT2D eigenvalue weighted by Crippen LogP contribution is 2.23. The molecule has 0 saturated carbocycles. The largest absolute Gasteiger partial charge is 0.484 e. The van der Waals surface area contributed by atoms with Gasteiger partial charge in [-0.2, -0.15) is 0 Å². The number of likely N-dealkylation sites (tertiary alicyclic amines) is 1. The summed E-state index contributed by atoms with van der Waals surface area (Å²) in [5.41, 5.74) is 2.45. The predicted octanol–water partition coefficient (Wildman–Crippen LogP) is 3.51. The number of ether oxygens (including phenoxy) is 1. The second-order valence-corrected chi connectivity index (χ2v) is 7.57. The van der Waals surface area contributed by atoms with Crippen molar-refractivity contribution in [2.75, 3.05) is 19.7 Å². The molecule has 2 aromatic rings. The lowest BCUT2D eigenvalue weighted by molar-refractivity contribution is -0.124. The number of benzene rings is 1. The summed E-state index contributed by atoms with van der Waals surface area (Å²) in [4.78, 5) is 26.2. The van der Waals surface area contributed by atoms with Crippen molar-refractivity contribution in [3.05, 3.63) is 53.5 Å². The van der Waals surface area contributed by atoms with Crippen molar-refractivity contribution in [2.24, 2.45) is 0 Å². The molecular formula is C22H28N2O4. The molecule has 0 bridgehead atoms. The van der Waals surface area contributed by atoms with Crippen LogP contribution in [0.3, 0.4) is 0 Å². The first-order valence-electron chi connectivity index (χ1n) is 9.79. The number of hydrogen-bond donors (Lipinski definition) is 1. The van der Waals surface area contributed by atoms with Crippen molar-refractivity contribution in [2.45, 2.75) is 45.6 Å². The third-order valence-electron chi connectivity index (χ3n) is 5.11. The molecule has 2 heterocycles. The molecular weight excluding hydrogens is 356 g/mol. The van der Waals surface area contributed by atoms with Gasteiger partial charge in [0.25, 0.3) is 11.8 Å². The van der Waals surface area contributed by atoms with Gasteiger partial charge in [0.1, 0.15) is 5.75 Å². The van der Waals surface area contributed by atoms with E-state index in [-0.39, 0.29) is 24.5 Å². The summed E-state index contributed by atoms with van der Waals surface area (Å²) in [5, 5.41) is 3.00. The molecule has 0 spiro atoms. The molecule has 0 atom stereocenters. The van der Waals surface area contributed by atoms with E-state index >= 15 is 0 Å². The number of nitrogens with one attached hydrogen (secondary N) is 1. The molecule has 1 aliphatic heterocycles. The molecule has 1 aliphatic rings. The second-order valence-electron chi connectivity index (χ2n) is 7.57. The molecule has 0 unspecified atom stereocenters. The maximum atomic E-state index is 12.3. The number of furan rings is 1. The lowest BCUT2D eigenvalue weighted by Gasteiger charge is -2.31. The van der Waals surface area contributed by atoms with Gasteiger partial charge in [-0.05, 0) is 61.1 Å². The Labute approximate surface area is 165 Å². The maximum absolute atomic E-state index is 12.3. The average molecular weight is 384 g/mol. The Morgan fingerprint density at radius 1 is 1.25 bits per heavy atom. The Hall–Kier alpha value is -2.76. The van der Waals surface area contributed by atoms with E-state index in [1.165, 1.54) is 17.4 Å². The Morgan fingerprint density at radius 2 is 2.00 bits per heavy atom. The fourth-order valence-electron chi connectivity index (χ4n) is 3.59. The molecule has 28 heavy (non-hydrogen) atoms. The summed E-state index contributed by atoms with van der Waals surface area (Å²) in [5.74, 6) is 1.29. The highest BCUT2D eigenvalue weighted by molar-refractivity contribution is 5.91. The molecule has 3 rings (SSSR count). The van der Waals surface area contributed by atoms with Gasteiger partial charge < -0.3 is 19.4 Å². The normalized spacial score (nSPS) is 14.9. The highest BCUT2D eigenvalue weighted by atomic mass is 16.5. The maximum Gasteiger partial charge on any atom is 0.289 e. The van der Waals surface area contributed by atoms with Crippen LogP contribution in [0.15, 0.2) is 41.0 Å². The topological polar surface area (TPSA) is 71.8 Å². The average Bonchev–Trinajstić information content (AvgIpc) is 3.21. The minimum Gasteiger partial charge on any atom is -0.484 e. The fourth-order valence-corrected chi connectivity index (χ4v) is 3.59. The number of rotatable bonds is 6. The molecule has 1 saturated heterocycles.